The molecular formula is C7H10BrN3O. The van der Waals surface area contributed by atoms with Crippen LogP contribution in [0.3, 0.4) is 0 Å². The van der Waals surface area contributed by atoms with Crippen molar-refractivity contribution in [1.82, 2.24) is 15.8 Å². The molecule has 2 N–H and O–H groups in total. The molecule has 2 heterocycles. The Labute approximate surface area is 79.1 Å². The lowest BCUT2D eigenvalue weighted by Gasteiger charge is -2.18. The van der Waals surface area contributed by atoms with Crippen LogP contribution in [-0.4, -0.2) is 29.0 Å². The van der Waals surface area contributed by atoms with E-state index in [1.165, 1.54) is 5.70 Å². The van der Waals surface area contributed by atoms with Crippen molar-refractivity contribution in [3.8, 4) is 0 Å². The molecule has 5 heteroatoms. The third kappa shape index (κ3) is 1.47. The van der Waals surface area contributed by atoms with Crippen LogP contribution in [0.2, 0.25) is 0 Å². The van der Waals surface area contributed by atoms with Crippen LogP contribution >= 0.6 is 15.9 Å². The minimum Gasteiger partial charge on any atom is -0.354 e. The standard InChI is InChI=1S/C7H10BrN3O/c8-6-3-5-1-2-9-7(12)4-11(5)10-6/h3,6,10H,1-2,4H2,(H,9,12). The van der Waals surface area contributed by atoms with Gasteiger partial charge in [-0.3, -0.25) is 4.79 Å². The molecule has 12 heavy (non-hydrogen) atoms. The molecule has 4 nitrogen and oxygen atoms in total. The highest BCUT2D eigenvalue weighted by Crippen LogP contribution is 2.19. The van der Waals surface area contributed by atoms with Crippen LogP contribution in [0.15, 0.2) is 11.8 Å². The van der Waals surface area contributed by atoms with Gasteiger partial charge in [0.2, 0.25) is 5.91 Å². The molecule has 0 aromatic heterocycles. The fourth-order valence-corrected chi connectivity index (χ4v) is 1.98. The van der Waals surface area contributed by atoms with Crippen LogP contribution in [0.1, 0.15) is 6.42 Å². The van der Waals surface area contributed by atoms with E-state index in [1.54, 1.807) is 0 Å². The molecule has 0 radical (unpaired) electrons. The second-order valence-electron chi connectivity index (χ2n) is 2.87. The third-order valence-corrected chi connectivity index (χ3v) is 2.44. The summed E-state index contributed by atoms with van der Waals surface area (Å²) in [5, 5.41) is 4.70. The number of alkyl halides is 1. The van der Waals surface area contributed by atoms with Crippen molar-refractivity contribution in [2.24, 2.45) is 0 Å². The number of hydrazine groups is 1. The van der Waals surface area contributed by atoms with Gasteiger partial charge in [-0.2, -0.15) is 0 Å². The molecule has 2 rings (SSSR count). The molecule has 0 aromatic rings. The second kappa shape index (κ2) is 3.06. The van der Waals surface area contributed by atoms with Gasteiger partial charge < -0.3 is 10.3 Å². The number of amides is 1. The highest BCUT2D eigenvalue weighted by atomic mass is 79.9. The summed E-state index contributed by atoms with van der Waals surface area (Å²) in [5.74, 6) is 0.0764. The van der Waals surface area contributed by atoms with Crippen LogP contribution in [-0.2, 0) is 4.79 Å². The second-order valence-corrected chi connectivity index (χ2v) is 3.86. The van der Waals surface area contributed by atoms with Crippen LogP contribution < -0.4 is 10.7 Å². The van der Waals surface area contributed by atoms with Crippen LogP contribution in [0.25, 0.3) is 0 Å². The van der Waals surface area contributed by atoms with E-state index < -0.39 is 0 Å². The maximum absolute atomic E-state index is 11.1. The molecule has 1 fully saturated rings. The molecule has 0 spiro atoms. The lowest BCUT2D eigenvalue weighted by Crippen LogP contribution is -2.39. The zero-order chi connectivity index (χ0) is 8.55. The van der Waals surface area contributed by atoms with E-state index in [2.05, 4.69) is 32.7 Å². The summed E-state index contributed by atoms with van der Waals surface area (Å²) in [6.45, 7) is 1.15. The van der Waals surface area contributed by atoms with Gasteiger partial charge >= 0.3 is 0 Å². The first-order chi connectivity index (χ1) is 5.75. The monoisotopic (exact) mass is 231 g/mol. The van der Waals surface area contributed by atoms with Gasteiger partial charge in [0.05, 0.1) is 0 Å². The average molecular weight is 232 g/mol. The number of nitrogens with one attached hydrogen (secondary N) is 2. The topological polar surface area (TPSA) is 44.4 Å². The van der Waals surface area contributed by atoms with E-state index in [0.717, 1.165) is 13.0 Å². The number of carbonyl (C=O) groups excluding carboxylic acids is 1. The predicted octanol–water partition coefficient (Wildman–Crippen LogP) is -0.0686. The normalized spacial score (nSPS) is 29.1. The van der Waals surface area contributed by atoms with Gasteiger partial charge in [-0.25, -0.2) is 5.43 Å². The molecule has 2 aliphatic heterocycles. The average Bonchev–Trinajstić information content (AvgIpc) is 2.23. The Balaban J connectivity index is 2.13. The Kier molecular flexibility index (Phi) is 2.06. The number of carbonyl (C=O) groups is 1. The van der Waals surface area contributed by atoms with Gasteiger partial charge in [0.15, 0.2) is 0 Å². The molecule has 0 saturated carbocycles. The molecule has 1 amide bonds. The van der Waals surface area contributed by atoms with Gasteiger partial charge in [-0.05, 0) is 6.08 Å². The number of rotatable bonds is 0. The fourth-order valence-electron chi connectivity index (χ4n) is 1.42. The van der Waals surface area contributed by atoms with E-state index in [4.69, 9.17) is 0 Å². The van der Waals surface area contributed by atoms with Crippen molar-refractivity contribution < 1.29 is 4.79 Å². The van der Waals surface area contributed by atoms with E-state index in [-0.39, 0.29) is 10.9 Å². The Morgan fingerprint density at radius 3 is 3.33 bits per heavy atom. The Bertz CT molecular complexity index is 241. The Hall–Kier alpha value is -0.550. The summed E-state index contributed by atoms with van der Waals surface area (Å²) in [6, 6.07) is 0. The molecule has 0 aliphatic carbocycles. The smallest absolute Gasteiger partial charge is 0.241 e. The molecule has 1 unspecified atom stereocenters. The molecule has 66 valence electrons. The number of hydrogen-bond donors (Lipinski definition) is 2. The minimum atomic E-state index is 0.0764. The molecular weight excluding hydrogens is 222 g/mol. The quantitative estimate of drug-likeness (QED) is 0.454. The molecule has 1 atom stereocenters. The lowest BCUT2D eigenvalue weighted by molar-refractivity contribution is -0.121. The van der Waals surface area contributed by atoms with Crippen molar-refractivity contribution >= 4 is 21.8 Å². The molecule has 0 bridgehead atoms. The number of hydrogen-bond acceptors (Lipinski definition) is 3. The third-order valence-electron chi connectivity index (χ3n) is 1.97. The highest BCUT2D eigenvalue weighted by molar-refractivity contribution is 9.09. The van der Waals surface area contributed by atoms with Crippen LogP contribution in [0.4, 0.5) is 0 Å². The summed E-state index contributed by atoms with van der Waals surface area (Å²) < 4.78 is 0. The van der Waals surface area contributed by atoms with E-state index in [9.17, 15) is 4.79 Å². The van der Waals surface area contributed by atoms with Crippen molar-refractivity contribution in [3.05, 3.63) is 11.8 Å². The van der Waals surface area contributed by atoms with Gasteiger partial charge in [-0.1, -0.05) is 15.9 Å². The number of nitrogens with zero attached hydrogens (tertiary/aromatic N) is 1. The zero-order valence-electron chi connectivity index (χ0n) is 6.51. The number of fused-ring (bicyclic) bond motifs is 1. The first-order valence-corrected chi connectivity index (χ1v) is 4.82. The van der Waals surface area contributed by atoms with Gasteiger partial charge in [0, 0.05) is 18.7 Å². The van der Waals surface area contributed by atoms with Gasteiger partial charge in [0.1, 0.15) is 11.5 Å². The molecule has 1 saturated heterocycles. The summed E-state index contributed by atoms with van der Waals surface area (Å²) in [7, 11) is 0. The van der Waals surface area contributed by atoms with Crippen LogP contribution in [0, 0.1) is 0 Å². The van der Waals surface area contributed by atoms with Gasteiger partial charge in [0.25, 0.3) is 0 Å². The SMILES string of the molecule is O=C1CN2NC(Br)C=C2CCN1. The maximum atomic E-state index is 11.1. The summed E-state index contributed by atoms with van der Waals surface area (Å²) in [4.78, 5) is 11.3. The first kappa shape index (κ1) is 8.07. The first-order valence-electron chi connectivity index (χ1n) is 3.91. The van der Waals surface area contributed by atoms with Crippen molar-refractivity contribution in [2.75, 3.05) is 13.1 Å². The highest BCUT2D eigenvalue weighted by Gasteiger charge is 2.24. The van der Waals surface area contributed by atoms with Crippen LogP contribution in [0.5, 0.6) is 0 Å². The van der Waals surface area contributed by atoms with Crippen molar-refractivity contribution in [2.45, 2.75) is 11.4 Å². The minimum absolute atomic E-state index is 0.0764. The van der Waals surface area contributed by atoms with Crippen molar-refractivity contribution in [3.63, 3.8) is 0 Å². The Morgan fingerprint density at radius 1 is 1.67 bits per heavy atom. The lowest BCUT2D eigenvalue weighted by atomic mass is 10.3. The van der Waals surface area contributed by atoms with E-state index in [1.807, 2.05) is 5.01 Å². The van der Waals surface area contributed by atoms with Crippen molar-refractivity contribution in [1.29, 1.82) is 0 Å². The summed E-state index contributed by atoms with van der Waals surface area (Å²) in [6.07, 6.45) is 2.99. The molecule has 2 aliphatic rings. The summed E-state index contributed by atoms with van der Waals surface area (Å²) >= 11 is 3.41. The van der Waals surface area contributed by atoms with Gasteiger partial charge in [-0.15, -0.1) is 0 Å². The largest absolute Gasteiger partial charge is 0.354 e. The fraction of sp³-hybridized carbons (Fsp3) is 0.571. The van der Waals surface area contributed by atoms with E-state index in [0.29, 0.717) is 6.54 Å². The Morgan fingerprint density at radius 2 is 2.50 bits per heavy atom. The van der Waals surface area contributed by atoms with E-state index >= 15 is 0 Å². The maximum Gasteiger partial charge on any atom is 0.241 e. The molecule has 0 aromatic carbocycles. The predicted molar refractivity (Wildman–Crippen MR) is 48.3 cm³/mol. The zero-order valence-corrected chi connectivity index (χ0v) is 8.10. The number of halogens is 1. The summed E-state index contributed by atoms with van der Waals surface area (Å²) in [5.41, 5.74) is 4.31.